The molecule has 0 saturated carbocycles. The fourth-order valence-corrected chi connectivity index (χ4v) is 2.28. The van der Waals surface area contributed by atoms with Crippen molar-refractivity contribution in [1.29, 1.82) is 0 Å². The molecule has 0 amide bonds. The lowest BCUT2D eigenvalue weighted by molar-refractivity contribution is 0.270. The number of hydrogen-bond acceptors (Lipinski definition) is 3. The molecule has 3 rings (SSSR count). The van der Waals surface area contributed by atoms with Gasteiger partial charge in [0.1, 0.15) is 18.1 Å². The lowest BCUT2D eigenvalue weighted by atomic mass is 10.3. The van der Waals surface area contributed by atoms with E-state index in [0.29, 0.717) is 6.61 Å². The highest BCUT2D eigenvalue weighted by molar-refractivity contribution is 5.49. The van der Waals surface area contributed by atoms with Gasteiger partial charge in [0.25, 0.3) is 0 Å². The van der Waals surface area contributed by atoms with E-state index in [1.54, 1.807) is 6.26 Å². The van der Waals surface area contributed by atoms with Crippen LogP contribution in [0.4, 0.5) is 5.69 Å². The Morgan fingerprint density at radius 1 is 1.06 bits per heavy atom. The van der Waals surface area contributed by atoms with E-state index < -0.39 is 0 Å². The van der Waals surface area contributed by atoms with Gasteiger partial charge in [-0.05, 0) is 49.2 Å². The number of anilines is 1. The predicted molar refractivity (Wildman–Crippen MR) is 70.9 cm³/mol. The number of nitrogens with zero attached hydrogens (tertiary/aromatic N) is 1. The molecule has 18 heavy (non-hydrogen) atoms. The Kier molecular flexibility index (Phi) is 3.22. The standard InChI is InChI=1S/C15H17NO2/c1-2-10-16(9-1)13-5-7-14(8-6-13)18-12-15-4-3-11-17-15/h3-8,11H,1-2,9-10,12H2. The van der Waals surface area contributed by atoms with E-state index in [0.717, 1.165) is 11.5 Å². The summed E-state index contributed by atoms with van der Waals surface area (Å²) in [7, 11) is 0. The van der Waals surface area contributed by atoms with Gasteiger partial charge in [0, 0.05) is 18.8 Å². The van der Waals surface area contributed by atoms with E-state index in [4.69, 9.17) is 9.15 Å². The van der Waals surface area contributed by atoms with Crippen molar-refractivity contribution in [2.45, 2.75) is 19.4 Å². The molecule has 1 aliphatic rings. The first kappa shape index (κ1) is 11.2. The van der Waals surface area contributed by atoms with E-state index in [-0.39, 0.29) is 0 Å². The molecule has 2 aromatic rings. The molecule has 0 spiro atoms. The van der Waals surface area contributed by atoms with Crippen LogP contribution in [0.2, 0.25) is 0 Å². The lowest BCUT2D eigenvalue weighted by Gasteiger charge is -2.17. The van der Waals surface area contributed by atoms with Gasteiger partial charge in [-0.15, -0.1) is 0 Å². The fraction of sp³-hybridized carbons (Fsp3) is 0.333. The van der Waals surface area contributed by atoms with E-state index in [1.165, 1.54) is 31.6 Å². The number of hydrogen-bond donors (Lipinski definition) is 0. The molecule has 1 fully saturated rings. The molecule has 0 unspecified atom stereocenters. The molecule has 0 atom stereocenters. The third-order valence-electron chi connectivity index (χ3n) is 3.27. The average Bonchev–Trinajstić information content (AvgIpc) is 3.10. The van der Waals surface area contributed by atoms with Gasteiger partial charge < -0.3 is 14.1 Å². The smallest absolute Gasteiger partial charge is 0.146 e. The van der Waals surface area contributed by atoms with Gasteiger partial charge >= 0.3 is 0 Å². The zero-order valence-electron chi connectivity index (χ0n) is 10.3. The van der Waals surface area contributed by atoms with Crippen LogP contribution in [0.1, 0.15) is 18.6 Å². The van der Waals surface area contributed by atoms with Gasteiger partial charge in [-0.3, -0.25) is 0 Å². The highest BCUT2D eigenvalue weighted by Gasteiger charge is 2.11. The molecule has 1 aromatic heterocycles. The van der Waals surface area contributed by atoms with Gasteiger partial charge in [0.2, 0.25) is 0 Å². The fourth-order valence-electron chi connectivity index (χ4n) is 2.28. The SMILES string of the molecule is c1coc(COc2ccc(N3CCCC3)cc2)c1. The molecule has 94 valence electrons. The minimum atomic E-state index is 0.482. The van der Waals surface area contributed by atoms with Crippen molar-refractivity contribution in [2.75, 3.05) is 18.0 Å². The van der Waals surface area contributed by atoms with Crippen LogP contribution in [-0.4, -0.2) is 13.1 Å². The van der Waals surface area contributed by atoms with Crippen LogP contribution >= 0.6 is 0 Å². The van der Waals surface area contributed by atoms with E-state index in [1.807, 2.05) is 24.3 Å². The number of furan rings is 1. The topological polar surface area (TPSA) is 25.6 Å². The molecule has 3 heteroatoms. The Balaban J connectivity index is 1.60. The number of rotatable bonds is 4. The summed E-state index contributed by atoms with van der Waals surface area (Å²) in [6, 6.07) is 12.1. The summed E-state index contributed by atoms with van der Waals surface area (Å²) in [5.74, 6) is 1.73. The van der Waals surface area contributed by atoms with Gasteiger partial charge in [-0.25, -0.2) is 0 Å². The Morgan fingerprint density at radius 2 is 1.83 bits per heavy atom. The average molecular weight is 243 g/mol. The van der Waals surface area contributed by atoms with Crippen LogP contribution in [0.15, 0.2) is 47.1 Å². The van der Waals surface area contributed by atoms with Crippen LogP contribution in [0, 0.1) is 0 Å². The molecule has 1 aliphatic heterocycles. The second-order valence-corrected chi connectivity index (χ2v) is 4.56. The second-order valence-electron chi connectivity index (χ2n) is 4.56. The summed E-state index contributed by atoms with van der Waals surface area (Å²) in [5.41, 5.74) is 1.29. The Morgan fingerprint density at radius 3 is 2.50 bits per heavy atom. The maximum Gasteiger partial charge on any atom is 0.146 e. The van der Waals surface area contributed by atoms with Gasteiger partial charge in [0.15, 0.2) is 0 Å². The quantitative estimate of drug-likeness (QED) is 0.822. The molecule has 2 heterocycles. The van der Waals surface area contributed by atoms with Crippen molar-refractivity contribution >= 4 is 5.69 Å². The summed E-state index contributed by atoms with van der Waals surface area (Å²) in [6.45, 7) is 2.83. The summed E-state index contributed by atoms with van der Waals surface area (Å²) in [4.78, 5) is 2.41. The summed E-state index contributed by atoms with van der Waals surface area (Å²) < 4.78 is 10.9. The Bertz CT molecular complexity index is 470. The third-order valence-corrected chi connectivity index (χ3v) is 3.27. The monoisotopic (exact) mass is 243 g/mol. The van der Waals surface area contributed by atoms with Crippen LogP contribution in [0.5, 0.6) is 5.75 Å². The molecule has 0 bridgehead atoms. The number of ether oxygens (including phenoxy) is 1. The predicted octanol–water partition coefficient (Wildman–Crippen LogP) is 3.46. The van der Waals surface area contributed by atoms with Crippen molar-refractivity contribution in [1.82, 2.24) is 0 Å². The maximum atomic E-state index is 5.66. The Hall–Kier alpha value is -1.90. The number of benzene rings is 1. The first-order valence-electron chi connectivity index (χ1n) is 6.42. The van der Waals surface area contributed by atoms with Crippen molar-refractivity contribution in [3.05, 3.63) is 48.4 Å². The molecule has 0 radical (unpaired) electrons. The van der Waals surface area contributed by atoms with E-state index in [9.17, 15) is 0 Å². The minimum absolute atomic E-state index is 0.482. The molecule has 1 aromatic carbocycles. The first-order chi connectivity index (χ1) is 8.92. The lowest BCUT2D eigenvalue weighted by Crippen LogP contribution is -2.17. The zero-order valence-corrected chi connectivity index (χ0v) is 10.3. The highest BCUT2D eigenvalue weighted by atomic mass is 16.5. The molecular formula is C15H17NO2. The first-order valence-corrected chi connectivity index (χ1v) is 6.42. The molecule has 1 saturated heterocycles. The van der Waals surface area contributed by atoms with Crippen molar-refractivity contribution in [2.24, 2.45) is 0 Å². The third kappa shape index (κ3) is 2.50. The zero-order chi connectivity index (χ0) is 12.2. The van der Waals surface area contributed by atoms with Gasteiger partial charge in [-0.2, -0.15) is 0 Å². The van der Waals surface area contributed by atoms with Crippen molar-refractivity contribution in [3.8, 4) is 5.75 Å². The molecule has 3 nitrogen and oxygen atoms in total. The van der Waals surface area contributed by atoms with Crippen LogP contribution in [0.3, 0.4) is 0 Å². The largest absolute Gasteiger partial charge is 0.486 e. The van der Waals surface area contributed by atoms with Crippen molar-refractivity contribution in [3.63, 3.8) is 0 Å². The van der Waals surface area contributed by atoms with Crippen LogP contribution < -0.4 is 9.64 Å². The Labute approximate surface area is 107 Å². The summed E-state index contributed by atoms with van der Waals surface area (Å²) in [6.07, 6.45) is 4.27. The molecule has 0 aliphatic carbocycles. The summed E-state index contributed by atoms with van der Waals surface area (Å²) >= 11 is 0. The van der Waals surface area contributed by atoms with E-state index in [2.05, 4.69) is 17.0 Å². The molecular weight excluding hydrogens is 226 g/mol. The molecule has 0 N–H and O–H groups in total. The van der Waals surface area contributed by atoms with E-state index >= 15 is 0 Å². The minimum Gasteiger partial charge on any atom is -0.486 e. The maximum absolute atomic E-state index is 5.66. The van der Waals surface area contributed by atoms with Gasteiger partial charge in [0.05, 0.1) is 6.26 Å². The normalized spacial score (nSPS) is 15.0. The van der Waals surface area contributed by atoms with Crippen molar-refractivity contribution < 1.29 is 9.15 Å². The summed E-state index contributed by atoms with van der Waals surface area (Å²) in [5, 5.41) is 0. The van der Waals surface area contributed by atoms with Crippen LogP contribution in [-0.2, 0) is 6.61 Å². The second kappa shape index (κ2) is 5.17. The van der Waals surface area contributed by atoms with Crippen LogP contribution in [0.25, 0.3) is 0 Å². The van der Waals surface area contributed by atoms with Gasteiger partial charge in [-0.1, -0.05) is 0 Å². The highest BCUT2D eigenvalue weighted by Crippen LogP contribution is 2.23.